The van der Waals surface area contributed by atoms with Crippen LogP contribution in [0.2, 0.25) is 0 Å². The fourth-order valence-electron chi connectivity index (χ4n) is 0.837. The van der Waals surface area contributed by atoms with E-state index in [0.717, 1.165) is 12.8 Å². The van der Waals surface area contributed by atoms with Crippen molar-refractivity contribution in [1.29, 1.82) is 0 Å². The number of hydrogen-bond donors (Lipinski definition) is 0. The van der Waals surface area contributed by atoms with Crippen molar-refractivity contribution in [3.8, 4) is 12.3 Å². The van der Waals surface area contributed by atoms with E-state index in [9.17, 15) is 0 Å². The number of terminal acetylenes is 1. The third kappa shape index (κ3) is 8.78. The highest BCUT2D eigenvalue weighted by Gasteiger charge is 1.80. The van der Waals surface area contributed by atoms with Crippen LogP contribution >= 0.6 is 0 Å². The first-order valence-electron chi connectivity index (χ1n) is 4.30. The van der Waals surface area contributed by atoms with Crippen LogP contribution in [0.25, 0.3) is 0 Å². The van der Waals surface area contributed by atoms with Gasteiger partial charge < -0.3 is 0 Å². The molecule has 0 heteroatoms. The van der Waals surface area contributed by atoms with Gasteiger partial charge in [-0.2, -0.15) is 0 Å². The predicted octanol–water partition coefficient (Wildman–Crippen LogP) is 3.48. The first-order chi connectivity index (χ1) is 5.91. The van der Waals surface area contributed by atoms with Gasteiger partial charge in [-0.25, -0.2) is 0 Å². The molecule has 0 atom stereocenters. The standard InChI is InChI=1S/C12H16/c1-3-5-7-9-11-12-10-8-6-4-2/h1,4-5,7,9,11H,2,6,8,10,12H2. The van der Waals surface area contributed by atoms with Gasteiger partial charge in [0.05, 0.1) is 0 Å². The normalized spacial score (nSPS) is 10.6. The Morgan fingerprint density at radius 1 is 1.17 bits per heavy atom. The van der Waals surface area contributed by atoms with Gasteiger partial charge in [-0.1, -0.05) is 30.2 Å². The van der Waals surface area contributed by atoms with Gasteiger partial charge in [-0.15, -0.1) is 13.0 Å². The van der Waals surface area contributed by atoms with Crippen molar-refractivity contribution in [2.75, 3.05) is 0 Å². The molecular weight excluding hydrogens is 144 g/mol. The maximum Gasteiger partial charge on any atom is -0.0122 e. The molecule has 0 bridgehead atoms. The average molecular weight is 160 g/mol. The molecule has 0 aromatic carbocycles. The summed E-state index contributed by atoms with van der Waals surface area (Å²) in [4.78, 5) is 0. The molecule has 0 amide bonds. The van der Waals surface area contributed by atoms with Crippen molar-refractivity contribution in [3.05, 3.63) is 37.0 Å². The van der Waals surface area contributed by atoms with E-state index in [4.69, 9.17) is 6.42 Å². The maximum absolute atomic E-state index is 5.03. The second kappa shape index (κ2) is 9.78. The van der Waals surface area contributed by atoms with Gasteiger partial charge in [0.15, 0.2) is 0 Å². The molecule has 0 fully saturated rings. The molecule has 0 spiro atoms. The van der Waals surface area contributed by atoms with Crippen LogP contribution in [0.1, 0.15) is 25.7 Å². The number of allylic oxidation sites excluding steroid dienone is 5. The Morgan fingerprint density at radius 3 is 2.58 bits per heavy atom. The second-order valence-electron chi connectivity index (χ2n) is 2.53. The highest BCUT2D eigenvalue weighted by Crippen LogP contribution is 2.00. The largest absolute Gasteiger partial charge is 0.115 e. The first-order valence-corrected chi connectivity index (χ1v) is 4.30. The van der Waals surface area contributed by atoms with Crippen LogP contribution in [0.5, 0.6) is 0 Å². The Labute approximate surface area is 75.7 Å². The number of rotatable bonds is 6. The van der Waals surface area contributed by atoms with Gasteiger partial charge in [0.25, 0.3) is 0 Å². The lowest BCUT2D eigenvalue weighted by Gasteiger charge is -1.90. The summed E-state index contributed by atoms with van der Waals surface area (Å²) in [6.07, 6.45) is 19.4. The zero-order chi connectivity index (χ0) is 9.07. The molecule has 0 nitrogen and oxygen atoms in total. The minimum atomic E-state index is 1.12. The van der Waals surface area contributed by atoms with Crippen LogP contribution in [-0.4, -0.2) is 0 Å². The molecule has 0 saturated carbocycles. The molecule has 0 unspecified atom stereocenters. The third-order valence-electron chi connectivity index (χ3n) is 1.47. The molecule has 0 heterocycles. The highest BCUT2D eigenvalue weighted by molar-refractivity contribution is 5.15. The highest BCUT2D eigenvalue weighted by atomic mass is 13.9. The van der Waals surface area contributed by atoms with Crippen LogP contribution < -0.4 is 0 Å². The van der Waals surface area contributed by atoms with Gasteiger partial charge >= 0.3 is 0 Å². The van der Waals surface area contributed by atoms with E-state index in [2.05, 4.69) is 18.6 Å². The van der Waals surface area contributed by atoms with Crippen LogP contribution in [-0.2, 0) is 0 Å². The minimum Gasteiger partial charge on any atom is -0.115 e. The summed E-state index contributed by atoms with van der Waals surface area (Å²) >= 11 is 0. The predicted molar refractivity (Wildman–Crippen MR) is 55.8 cm³/mol. The number of hydrogen-bond acceptors (Lipinski definition) is 0. The smallest absolute Gasteiger partial charge is 0.0122 e. The molecule has 0 aromatic rings. The van der Waals surface area contributed by atoms with E-state index in [-0.39, 0.29) is 0 Å². The number of unbranched alkanes of at least 4 members (excludes halogenated alkanes) is 3. The summed E-state index contributed by atoms with van der Waals surface area (Å²) in [7, 11) is 0. The monoisotopic (exact) mass is 160 g/mol. The van der Waals surface area contributed by atoms with Gasteiger partial charge in [0.2, 0.25) is 0 Å². The van der Waals surface area contributed by atoms with Gasteiger partial charge in [0, 0.05) is 0 Å². The van der Waals surface area contributed by atoms with Crippen molar-refractivity contribution < 1.29 is 0 Å². The molecule has 0 aliphatic rings. The minimum absolute atomic E-state index is 1.12. The summed E-state index contributed by atoms with van der Waals surface area (Å²) < 4.78 is 0. The van der Waals surface area contributed by atoms with Crippen molar-refractivity contribution in [3.63, 3.8) is 0 Å². The lowest BCUT2D eigenvalue weighted by molar-refractivity contribution is 0.763. The lowest BCUT2D eigenvalue weighted by atomic mass is 10.2. The zero-order valence-corrected chi connectivity index (χ0v) is 7.50. The van der Waals surface area contributed by atoms with Gasteiger partial charge in [0.1, 0.15) is 0 Å². The lowest BCUT2D eigenvalue weighted by Crippen LogP contribution is -1.70. The van der Waals surface area contributed by atoms with Crippen LogP contribution in [0.3, 0.4) is 0 Å². The van der Waals surface area contributed by atoms with E-state index in [1.807, 2.05) is 18.2 Å². The Hall–Kier alpha value is -1.22. The summed E-state index contributed by atoms with van der Waals surface area (Å²) in [6, 6.07) is 0. The van der Waals surface area contributed by atoms with Crippen LogP contribution in [0.4, 0.5) is 0 Å². The van der Waals surface area contributed by atoms with E-state index < -0.39 is 0 Å². The van der Waals surface area contributed by atoms with E-state index >= 15 is 0 Å². The van der Waals surface area contributed by atoms with Gasteiger partial charge in [-0.3, -0.25) is 0 Å². The van der Waals surface area contributed by atoms with E-state index in [0.29, 0.717) is 0 Å². The fraction of sp³-hybridized carbons (Fsp3) is 0.333. The molecule has 0 aliphatic heterocycles. The van der Waals surface area contributed by atoms with E-state index in [1.54, 1.807) is 6.08 Å². The average Bonchev–Trinajstić information content (AvgIpc) is 2.10. The molecule has 0 aliphatic carbocycles. The van der Waals surface area contributed by atoms with Crippen molar-refractivity contribution in [1.82, 2.24) is 0 Å². The quantitative estimate of drug-likeness (QED) is 0.241. The van der Waals surface area contributed by atoms with E-state index in [1.165, 1.54) is 12.8 Å². The Balaban J connectivity index is 3.19. The Kier molecular flexibility index (Phi) is 8.79. The zero-order valence-electron chi connectivity index (χ0n) is 7.50. The SMILES string of the molecule is C#CC=CC=CCCCCC=C. The summed E-state index contributed by atoms with van der Waals surface area (Å²) in [5.74, 6) is 2.43. The third-order valence-corrected chi connectivity index (χ3v) is 1.47. The Bertz CT molecular complexity index is 189. The molecule has 0 N–H and O–H groups in total. The molecular formula is C12H16. The van der Waals surface area contributed by atoms with Crippen molar-refractivity contribution in [2.24, 2.45) is 0 Å². The maximum atomic E-state index is 5.03. The molecule has 0 saturated heterocycles. The topological polar surface area (TPSA) is 0 Å². The first kappa shape index (κ1) is 10.8. The Morgan fingerprint density at radius 2 is 1.92 bits per heavy atom. The van der Waals surface area contributed by atoms with Crippen molar-refractivity contribution in [2.45, 2.75) is 25.7 Å². The summed E-state index contributed by atoms with van der Waals surface area (Å²) in [5, 5.41) is 0. The molecule has 0 aromatic heterocycles. The fourth-order valence-corrected chi connectivity index (χ4v) is 0.837. The van der Waals surface area contributed by atoms with Crippen molar-refractivity contribution >= 4 is 0 Å². The molecule has 64 valence electrons. The summed E-state index contributed by atoms with van der Waals surface area (Å²) in [6.45, 7) is 3.67. The molecule has 0 rings (SSSR count). The second-order valence-corrected chi connectivity index (χ2v) is 2.53. The van der Waals surface area contributed by atoms with Gasteiger partial charge in [-0.05, 0) is 31.8 Å². The molecule has 0 radical (unpaired) electrons. The van der Waals surface area contributed by atoms with Crippen LogP contribution in [0, 0.1) is 12.3 Å². The molecule has 12 heavy (non-hydrogen) atoms. The summed E-state index contributed by atoms with van der Waals surface area (Å²) in [5.41, 5.74) is 0. The van der Waals surface area contributed by atoms with Crippen LogP contribution in [0.15, 0.2) is 37.0 Å².